The number of nitrogens with zero attached hydrogens (tertiary/aromatic N) is 3. The van der Waals surface area contributed by atoms with Crippen LogP contribution in [0.2, 0.25) is 0 Å². The summed E-state index contributed by atoms with van der Waals surface area (Å²) in [5.74, 6) is 0.734. The van der Waals surface area contributed by atoms with Crippen LogP contribution in [0.4, 0.5) is 5.95 Å². The fourth-order valence-electron chi connectivity index (χ4n) is 2.53. The number of nitrogens with one attached hydrogen (secondary N) is 1. The topological polar surface area (TPSA) is 41.0 Å². The van der Waals surface area contributed by atoms with Gasteiger partial charge < -0.3 is 5.32 Å². The van der Waals surface area contributed by atoms with Crippen molar-refractivity contribution in [3.8, 4) is 0 Å². The molecular formula is C14H17BrN4S. The van der Waals surface area contributed by atoms with Crippen LogP contribution < -0.4 is 5.32 Å². The van der Waals surface area contributed by atoms with E-state index in [1.54, 1.807) is 12.4 Å². The molecule has 0 aliphatic carbocycles. The summed E-state index contributed by atoms with van der Waals surface area (Å²) in [6, 6.07) is 4.49. The number of anilines is 1. The summed E-state index contributed by atoms with van der Waals surface area (Å²) in [6.07, 6.45) is 5.96. The van der Waals surface area contributed by atoms with Crippen LogP contribution in [-0.4, -0.2) is 34.0 Å². The number of rotatable bonds is 4. The van der Waals surface area contributed by atoms with E-state index >= 15 is 0 Å². The van der Waals surface area contributed by atoms with Crippen molar-refractivity contribution in [1.82, 2.24) is 14.9 Å². The number of piperidine rings is 1. The van der Waals surface area contributed by atoms with Crippen molar-refractivity contribution in [2.24, 2.45) is 0 Å². The van der Waals surface area contributed by atoms with Crippen molar-refractivity contribution < 1.29 is 0 Å². The van der Waals surface area contributed by atoms with E-state index in [4.69, 9.17) is 0 Å². The molecule has 1 N–H and O–H groups in total. The first-order chi connectivity index (χ1) is 9.79. The van der Waals surface area contributed by atoms with E-state index in [2.05, 4.69) is 47.6 Å². The lowest BCUT2D eigenvalue weighted by molar-refractivity contribution is 0.210. The lowest BCUT2D eigenvalue weighted by atomic mass is 10.1. The molecule has 0 amide bonds. The van der Waals surface area contributed by atoms with Gasteiger partial charge in [-0.2, -0.15) is 0 Å². The summed E-state index contributed by atoms with van der Waals surface area (Å²) in [5.41, 5.74) is 0. The van der Waals surface area contributed by atoms with Crippen molar-refractivity contribution >= 4 is 33.2 Å². The quantitative estimate of drug-likeness (QED) is 0.915. The molecule has 6 heteroatoms. The molecule has 0 saturated carbocycles. The Hall–Kier alpha value is -0.980. The molecule has 2 aromatic rings. The van der Waals surface area contributed by atoms with E-state index in [0.29, 0.717) is 6.04 Å². The Labute approximate surface area is 131 Å². The molecule has 0 spiro atoms. The Morgan fingerprint density at radius 2 is 2.25 bits per heavy atom. The molecule has 1 aliphatic rings. The molecule has 2 aromatic heterocycles. The van der Waals surface area contributed by atoms with Crippen molar-refractivity contribution in [2.45, 2.75) is 25.4 Å². The third-order valence-corrected chi connectivity index (χ3v) is 5.09. The second-order valence-electron chi connectivity index (χ2n) is 5.02. The molecule has 3 heterocycles. The van der Waals surface area contributed by atoms with Gasteiger partial charge in [0.1, 0.15) is 0 Å². The SMILES string of the molecule is Brc1csc(CN2CCCC(Nc3ncccn3)C2)c1. The summed E-state index contributed by atoms with van der Waals surface area (Å²) in [5, 5.41) is 5.58. The summed E-state index contributed by atoms with van der Waals surface area (Å²) in [6.45, 7) is 3.25. The normalized spacial score (nSPS) is 19.9. The predicted molar refractivity (Wildman–Crippen MR) is 86.0 cm³/mol. The first kappa shape index (κ1) is 14.0. The van der Waals surface area contributed by atoms with Gasteiger partial charge in [0.05, 0.1) is 0 Å². The predicted octanol–water partition coefficient (Wildman–Crippen LogP) is 3.38. The van der Waals surface area contributed by atoms with Gasteiger partial charge in [0.2, 0.25) is 5.95 Å². The fraction of sp³-hybridized carbons (Fsp3) is 0.429. The van der Waals surface area contributed by atoms with Crippen LogP contribution in [-0.2, 0) is 6.54 Å². The van der Waals surface area contributed by atoms with Crippen molar-refractivity contribution in [2.75, 3.05) is 18.4 Å². The second kappa shape index (κ2) is 6.65. The molecule has 3 rings (SSSR count). The maximum atomic E-state index is 4.24. The third kappa shape index (κ3) is 3.77. The number of aromatic nitrogens is 2. The standard InChI is InChI=1S/C14H17BrN4S/c15-11-7-13(20-10-11)9-19-6-1-3-12(8-19)18-14-16-4-2-5-17-14/h2,4-5,7,10,12H,1,3,6,8-9H2,(H,16,17,18). The minimum absolute atomic E-state index is 0.439. The first-order valence-corrected chi connectivity index (χ1v) is 8.46. The molecule has 1 saturated heterocycles. The minimum Gasteiger partial charge on any atom is -0.350 e. The van der Waals surface area contributed by atoms with Crippen LogP contribution in [0.15, 0.2) is 34.4 Å². The molecule has 1 fully saturated rings. The van der Waals surface area contributed by atoms with Crippen LogP contribution in [0.5, 0.6) is 0 Å². The van der Waals surface area contributed by atoms with Gasteiger partial charge in [-0.3, -0.25) is 4.90 Å². The van der Waals surface area contributed by atoms with Gasteiger partial charge in [0.15, 0.2) is 0 Å². The number of thiophene rings is 1. The number of halogens is 1. The highest BCUT2D eigenvalue weighted by Crippen LogP contribution is 2.23. The Morgan fingerprint density at radius 3 is 3.00 bits per heavy atom. The summed E-state index contributed by atoms with van der Waals surface area (Å²) >= 11 is 5.33. The highest BCUT2D eigenvalue weighted by molar-refractivity contribution is 9.10. The van der Waals surface area contributed by atoms with Crippen LogP contribution in [0.1, 0.15) is 17.7 Å². The van der Waals surface area contributed by atoms with E-state index in [0.717, 1.165) is 19.0 Å². The van der Waals surface area contributed by atoms with Crippen LogP contribution in [0.3, 0.4) is 0 Å². The van der Waals surface area contributed by atoms with Crippen molar-refractivity contribution in [1.29, 1.82) is 0 Å². The molecular weight excluding hydrogens is 336 g/mol. The zero-order valence-electron chi connectivity index (χ0n) is 11.1. The minimum atomic E-state index is 0.439. The van der Waals surface area contributed by atoms with Gasteiger partial charge in [-0.1, -0.05) is 0 Å². The van der Waals surface area contributed by atoms with Gasteiger partial charge in [-0.05, 0) is 47.4 Å². The van der Waals surface area contributed by atoms with Gasteiger partial charge in [0.25, 0.3) is 0 Å². The molecule has 1 atom stereocenters. The molecule has 4 nitrogen and oxygen atoms in total. The van der Waals surface area contributed by atoms with Gasteiger partial charge in [-0.25, -0.2) is 9.97 Å². The maximum absolute atomic E-state index is 4.24. The van der Waals surface area contributed by atoms with Crippen LogP contribution in [0, 0.1) is 0 Å². The van der Waals surface area contributed by atoms with Gasteiger partial charge in [-0.15, -0.1) is 11.3 Å². The molecule has 0 radical (unpaired) electrons. The Bertz CT molecular complexity index is 545. The zero-order chi connectivity index (χ0) is 13.8. The molecule has 20 heavy (non-hydrogen) atoms. The van der Waals surface area contributed by atoms with E-state index in [-0.39, 0.29) is 0 Å². The monoisotopic (exact) mass is 352 g/mol. The van der Waals surface area contributed by atoms with Crippen LogP contribution in [0.25, 0.3) is 0 Å². The van der Waals surface area contributed by atoms with E-state index in [1.165, 1.54) is 28.7 Å². The molecule has 0 bridgehead atoms. The fourth-order valence-corrected chi connectivity index (χ4v) is 4.02. The summed E-state index contributed by atoms with van der Waals surface area (Å²) < 4.78 is 1.18. The largest absolute Gasteiger partial charge is 0.350 e. The van der Waals surface area contributed by atoms with E-state index in [1.807, 2.05) is 17.4 Å². The number of hydrogen-bond acceptors (Lipinski definition) is 5. The molecule has 1 aliphatic heterocycles. The zero-order valence-corrected chi connectivity index (χ0v) is 13.5. The molecule has 0 aromatic carbocycles. The highest BCUT2D eigenvalue weighted by Gasteiger charge is 2.20. The molecule has 1 unspecified atom stereocenters. The van der Waals surface area contributed by atoms with Crippen molar-refractivity contribution in [3.05, 3.63) is 39.3 Å². The van der Waals surface area contributed by atoms with E-state index in [9.17, 15) is 0 Å². The van der Waals surface area contributed by atoms with E-state index < -0.39 is 0 Å². The lowest BCUT2D eigenvalue weighted by Crippen LogP contribution is -2.41. The Kier molecular flexibility index (Phi) is 4.65. The average Bonchev–Trinajstić information content (AvgIpc) is 2.86. The second-order valence-corrected chi connectivity index (χ2v) is 6.93. The summed E-state index contributed by atoms with van der Waals surface area (Å²) in [4.78, 5) is 12.4. The first-order valence-electron chi connectivity index (χ1n) is 6.78. The molecule has 106 valence electrons. The summed E-state index contributed by atoms with van der Waals surface area (Å²) in [7, 11) is 0. The Morgan fingerprint density at radius 1 is 1.40 bits per heavy atom. The highest BCUT2D eigenvalue weighted by atomic mass is 79.9. The number of likely N-dealkylation sites (tertiary alicyclic amines) is 1. The smallest absolute Gasteiger partial charge is 0.222 e. The van der Waals surface area contributed by atoms with Crippen molar-refractivity contribution in [3.63, 3.8) is 0 Å². The van der Waals surface area contributed by atoms with Gasteiger partial charge >= 0.3 is 0 Å². The maximum Gasteiger partial charge on any atom is 0.222 e. The average molecular weight is 353 g/mol. The Balaban J connectivity index is 1.56. The third-order valence-electron chi connectivity index (χ3n) is 3.41. The van der Waals surface area contributed by atoms with Crippen LogP contribution >= 0.6 is 27.3 Å². The van der Waals surface area contributed by atoms with Gasteiger partial charge in [0, 0.05) is 46.3 Å². The lowest BCUT2D eigenvalue weighted by Gasteiger charge is -2.32. The number of hydrogen-bond donors (Lipinski definition) is 1.